The van der Waals surface area contributed by atoms with Gasteiger partial charge < -0.3 is 4.90 Å². The van der Waals surface area contributed by atoms with Crippen molar-refractivity contribution >= 4 is 35.4 Å². The molecule has 0 amide bonds. The molecule has 1 aliphatic heterocycles. The van der Waals surface area contributed by atoms with E-state index in [2.05, 4.69) is 64.3 Å². The standard InChI is InChI=1S/C23H36N.C10H11NO3.2ClH.Ru/c1-6-18-12-11-13-19(7-2)21(18)24-17-23(5,16-22(24,3)4)20-14-9-8-10-15-20;1-7(2)14-10-5-4-9(11(12)13)6-8(10)3;;;/h11-13,17,20H,6-10,14-16H2,1-5H3;3-7H,1-2H3;2*1H;/q-1;;;;+2/p-2. The number of nitro groups is 1. The van der Waals surface area contributed by atoms with Crippen LogP contribution in [-0.4, -0.2) is 21.2 Å². The van der Waals surface area contributed by atoms with Crippen molar-refractivity contribution in [1.82, 2.24) is 0 Å². The summed E-state index contributed by atoms with van der Waals surface area (Å²) in [5.41, 5.74) is 5.66. The van der Waals surface area contributed by atoms with Crippen molar-refractivity contribution in [2.45, 2.75) is 111 Å². The van der Waals surface area contributed by atoms with E-state index in [9.17, 15) is 10.1 Å². The van der Waals surface area contributed by atoms with Crippen molar-refractivity contribution in [1.29, 1.82) is 0 Å². The summed E-state index contributed by atoms with van der Waals surface area (Å²) in [6, 6.07) is 11.3. The first-order valence-electron chi connectivity index (χ1n) is 14.9. The maximum atomic E-state index is 10.7. The molecule has 2 aromatic carbocycles. The zero-order valence-corrected chi connectivity index (χ0v) is 28.9. The molecule has 2 aromatic rings. The third-order valence-corrected chi connectivity index (χ3v) is 10.2. The van der Waals surface area contributed by atoms with Crippen LogP contribution in [0.1, 0.15) is 104 Å². The number of non-ortho nitro benzene ring substituents is 1. The number of hydrogen-bond acceptors (Lipinski definition) is 4. The monoisotopic (exact) mass is 691 g/mol. The first kappa shape index (κ1) is 34.0. The number of ether oxygens (including phenoxy) is 1. The number of aryl methyl sites for hydroxylation is 2. The van der Waals surface area contributed by atoms with Crippen LogP contribution in [0, 0.1) is 28.0 Å². The number of hydrogen-bond donors (Lipinski definition) is 0. The number of benzene rings is 2. The maximum Gasteiger partial charge on any atom is 0.0140 e. The van der Waals surface area contributed by atoms with Crippen molar-refractivity contribution in [3.63, 3.8) is 0 Å². The Bertz CT molecular complexity index is 1200. The molecule has 0 bridgehead atoms. The number of nitro benzene ring substituents is 1. The van der Waals surface area contributed by atoms with Crippen LogP contribution in [0.15, 0.2) is 36.4 Å². The summed E-state index contributed by atoms with van der Waals surface area (Å²) < 4.78 is 7.17. The van der Waals surface area contributed by atoms with Gasteiger partial charge in [0.15, 0.2) is 0 Å². The molecule has 4 rings (SSSR count). The van der Waals surface area contributed by atoms with Gasteiger partial charge in [-0.15, -0.1) is 5.41 Å². The van der Waals surface area contributed by atoms with E-state index >= 15 is 0 Å². The van der Waals surface area contributed by atoms with Crippen LogP contribution in [-0.2, 0) is 26.4 Å². The maximum absolute atomic E-state index is 10.7. The van der Waals surface area contributed by atoms with Crippen molar-refractivity contribution in [2.24, 2.45) is 11.3 Å². The summed E-state index contributed by atoms with van der Waals surface area (Å²) in [4.78, 5) is 12.9. The summed E-state index contributed by atoms with van der Waals surface area (Å²) >= 11 is -2.05. The van der Waals surface area contributed by atoms with E-state index in [0.29, 0.717) is 16.7 Å². The molecule has 1 saturated carbocycles. The van der Waals surface area contributed by atoms with Crippen LogP contribution < -0.4 is 9.64 Å². The molecule has 41 heavy (non-hydrogen) atoms. The molecule has 2 aliphatic rings. The SMILES string of the molecule is CC(C)Oc1ccc([N+](=O)[O-])cc1[CH]=[Ru]([Cl])[Cl].CCc1cccc(CC)c1N1[CH-]C(C)(C2CCCCC2)CC1(C)C. The van der Waals surface area contributed by atoms with Crippen molar-refractivity contribution in [3.05, 3.63) is 69.7 Å². The van der Waals surface area contributed by atoms with Gasteiger partial charge >= 0.3 is 112 Å². The topological polar surface area (TPSA) is 55.6 Å². The summed E-state index contributed by atoms with van der Waals surface area (Å²) in [5, 5.41) is 10.7. The zero-order chi connectivity index (χ0) is 30.4. The van der Waals surface area contributed by atoms with E-state index in [1.54, 1.807) is 10.7 Å². The molecule has 8 heteroatoms. The Morgan fingerprint density at radius 2 is 1.71 bits per heavy atom. The van der Waals surface area contributed by atoms with Crippen LogP contribution in [0.25, 0.3) is 0 Å². The van der Waals surface area contributed by atoms with Gasteiger partial charge in [-0.25, -0.2) is 6.54 Å². The number of nitrogens with zero attached hydrogens (tertiary/aromatic N) is 2. The van der Waals surface area contributed by atoms with Crippen molar-refractivity contribution in [2.75, 3.05) is 4.90 Å². The molecule has 0 spiro atoms. The fourth-order valence-electron chi connectivity index (χ4n) is 6.61. The van der Waals surface area contributed by atoms with E-state index in [0.717, 1.165) is 18.8 Å². The summed E-state index contributed by atoms with van der Waals surface area (Å²) in [5.74, 6) is 1.43. The zero-order valence-electron chi connectivity index (χ0n) is 25.7. The minimum absolute atomic E-state index is 0.00360. The molecule has 230 valence electrons. The van der Waals surface area contributed by atoms with Gasteiger partial charge in [0.25, 0.3) is 0 Å². The van der Waals surface area contributed by atoms with Gasteiger partial charge in [-0.3, -0.25) is 0 Å². The largest absolute Gasteiger partial charge is 0.517 e. The third kappa shape index (κ3) is 8.77. The van der Waals surface area contributed by atoms with Gasteiger partial charge in [-0.2, -0.15) is 0 Å². The van der Waals surface area contributed by atoms with Crippen molar-refractivity contribution in [3.8, 4) is 5.75 Å². The average molecular weight is 692 g/mol. The molecule has 0 radical (unpaired) electrons. The van der Waals surface area contributed by atoms with E-state index in [1.807, 2.05) is 13.8 Å². The van der Waals surface area contributed by atoms with Crippen LogP contribution in [0.2, 0.25) is 0 Å². The Balaban J connectivity index is 0.000000241. The van der Waals surface area contributed by atoms with Gasteiger partial charge in [-0.1, -0.05) is 83.4 Å². The average Bonchev–Trinajstić information content (AvgIpc) is 3.18. The molecule has 0 N–H and O–H groups in total. The minimum atomic E-state index is -2.05. The number of para-hydroxylation sites is 1. The second kappa shape index (κ2) is 14.8. The molecule has 1 atom stereocenters. The molecule has 0 aromatic heterocycles. The Morgan fingerprint density at radius 1 is 1.10 bits per heavy atom. The summed E-state index contributed by atoms with van der Waals surface area (Å²) in [6.45, 7) is 18.4. The Morgan fingerprint density at radius 3 is 2.22 bits per heavy atom. The Labute approximate surface area is 260 Å². The Hall–Kier alpha value is -1.49. The first-order chi connectivity index (χ1) is 19.3. The van der Waals surface area contributed by atoms with Crippen LogP contribution in [0.3, 0.4) is 0 Å². The number of halogens is 2. The van der Waals surface area contributed by atoms with Gasteiger partial charge in [0.1, 0.15) is 0 Å². The summed E-state index contributed by atoms with van der Waals surface area (Å²) in [6.07, 6.45) is 10.6. The van der Waals surface area contributed by atoms with Gasteiger partial charge in [0.2, 0.25) is 0 Å². The third-order valence-electron chi connectivity index (χ3n) is 8.39. The van der Waals surface area contributed by atoms with Crippen LogP contribution >= 0.6 is 19.4 Å². The van der Waals surface area contributed by atoms with Crippen molar-refractivity contribution < 1.29 is 23.2 Å². The second-order valence-electron chi connectivity index (χ2n) is 12.4. The van der Waals surface area contributed by atoms with E-state index in [4.69, 9.17) is 24.1 Å². The van der Waals surface area contributed by atoms with Crippen LogP contribution in [0.4, 0.5) is 11.4 Å². The molecule has 1 saturated heterocycles. The quantitative estimate of drug-likeness (QED) is 0.120. The van der Waals surface area contributed by atoms with E-state index in [-0.39, 0.29) is 17.3 Å². The predicted molar refractivity (Wildman–Crippen MR) is 171 cm³/mol. The minimum Gasteiger partial charge on any atom is -0.517 e. The molecule has 5 nitrogen and oxygen atoms in total. The van der Waals surface area contributed by atoms with E-state index < -0.39 is 18.4 Å². The van der Waals surface area contributed by atoms with E-state index in [1.165, 1.54) is 67.5 Å². The molecule has 1 heterocycles. The fraction of sp³-hybridized carbons (Fsp3) is 0.576. The number of anilines is 1. The molecule has 1 aliphatic carbocycles. The van der Waals surface area contributed by atoms with Gasteiger partial charge in [0.05, 0.1) is 0 Å². The summed E-state index contributed by atoms with van der Waals surface area (Å²) in [7, 11) is 11.6. The smallest absolute Gasteiger partial charge is 0.0140 e. The molecule has 2 fully saturated rings. The molecular weight excluding hydrogens is 644 g/mol. The molecular formula is C33H47Cl2N2O3Ru-. The predicted octanol–water partition coefficient (Wildman–Crippen LogP) is 10.0. The number of rotatable bonds is 8. The Kier molecular flexibility index (Phi) is 12.3. The molecule has 1 unspecified atom stereocenters. The fourth-order valence-corrected chi connectivity index (χ4v) is 8.39. The van der Waals surface area contributed by atoms with Gasteiger partial charge in [0, 0.05) is 11.2 Å². The van der Waals surface area contributed by atoms with Gasteiger partial charge in [-0.05, 0) is 37.8 Å². The van der Waals surface area contributed by atoms with Crippen LogP contribution in [0.5, 0.6) is 5.75 Å². The second-order valence-corrected chi connectivity index (χ2v) is 18.1. The normalized spacial score (nSPS) is 20.8. The first-order valence-corrected chi connectivity index (χ1v) is 20.3.